The van der Waals surface area contributed by atoms with Crippen molar-refractivity contribution in [2.45, 2.75) is 32.2 Å². The molecule has 0 bridgehead atoms. The maximum atomic E-state index is 5.97. The van der Waals surface area contributed by atoms with E-state index >= 15 is 0 Å². The summed E-state index contributed by atoms with van der Waals surface area (Å²) in [6.07, 6.45) is 2.76. The second-order valence-corrected chi connectivity index (χ2v) is 4.17. The van der Waals surface area contributed by atoms with E-state index in [9.17, 15) is 0 Å². The summed E-state index contributed by atoms with van der Waals surface area (Å²) >= 11 is 0. The van der Waals surface area contributed by atoms with Gasteiger partial charge in [0.2, 0.25) is 0 Å². The first-order chi connectivity index (χ1) is 8.27. The van der Waals surface area contributed by atoms with Crippen LogP contribution in [-0.4, -0.2) is 26.4 Å². The number of rotatable bonds is 8. The number of ether oxygens (including phenoxy) is 2. The van der Waals surface area contributed by atoms with Gasteiger partial charge in [-0.25, -0.2) is 0 Å². The Morgan fingerprint density at radius 3 is 2.71 bits per heavy atom. The van der Waals surface area contributed by atoms with Gasteiger partial charge in [0, 0.05) is 26.2 Å². The van der Waals surface area contributed by atoms with Crippen molar-refractivity contribution < 1.29 is 9.47 Å². The molecule has 0 aromatic heterocycles. The number of para-hydroxylation sites is 1. The Morgan fingerprint density at radius 1 is 1.24 bits per heavy atom. The zero-order valence-electron chi connectivity index (χ0n) is 10.8. The van der Waals surface area contributed by atoms with Crippen LogP contribution in [0.15, 0.2) is 24.3 Å². The second-order valence-electron chi connectivity index (χ2n) is 4.17. The summed E-state index contributed by atoms with van der Waals surface area (Å²) in [7, 11) is 1.70. The van der Waals surface area contributed by atoms with Crippen LogP contribution in [0.1, 0.15) is 25.3 Å². The van der Waals surface area contributed by atoms with E-state index in [4.69, 9.17) is 15.2 Å². The Morgan fingerprint density at radius 2 is 2.00 bits per heavy atom. The molecule has 0 aliphatic carbocycles. The van der Waals surface area contributed by atoms with E-state index < -0.39 is 0 Å². The lowest BCUT2D eigenvalue weighted by molar-refractivity contribution is 0.171. The van der Waals surface area contributed by atoms with Crippen molar-refractivity contribution in [3.05, 3.63) is 29.8 Å². The van der Waals surface area contributed by atoms with Gasteiger partial charge in [-0.2, -0.15) is 0 Å². The second kappa shape index (κ2) is 8.09. The number of nitrogens with two attached hydrogens (primary N) is 1. The highest BCUT2D eigenvalue weighted by molar-refractivity contribution is 5.33. The quantitative estimate of drug-likeness (QED) is 0.706. The van der Waals surface area contributed by atoms with Crippen molar-refractivity contribution in [1.82, 2.24) is 0 Å². The van der Waals surface area contributed by atoms with Gasteiger partial charge in [0.25, 0.3) is 0 Å². The standard InChI is InChI=1S/C14H23NO2/c1-3-13(15)11-12-7-4-5-8-14(12)17-10-6-9-16-2/h4-5,7-8,13H,3,6,9-11,15H2,1-2H3. The predicted octanol–water partition coefficient (Wildman–Crippen LogP) is 2.38. The summed E-state index contributed by atoms with van der Waals surface area (Å²) in [5, 5.41) is 0. The predicted molar refractivity (Wildman–Crippen MR) is 70.4 cm³/mol. The van der Waals surface area contributed by atoms with Crippen LogP contribution >= 0.6 is 0 Å². The van der Waals surface area contributed by atoms with Crippen molar-refractivity contribution in [1.29, 1.82) is 0 Å². The largest absolute Gasteiger partial charge is 0.493 e. The number of hydrogen-bond donors (Lipinski definition) is 1. The smallest absolute Gasteiger partial charge is 0.122 e. The molecule has 1 unspecified atom stereocenters. The Kier molecular flexibility index (Phi) is 6.67. The van der Waals surface area contributed by atoms with Crippen molar-refractivity contribution in [3.63, 3.8) is 0 Å². The molecule has 0 fully saturated rings. The van der Waals surface area contributed by atoms with Crippen LogP contribution in [0.25, 0.3) is 0 Å². The molecular formula is C14H23NO2. The van der Waals surface area contributed by atoms with Gasteiger partial charge in [-0.05, 0) is 24.5 Å². The third kappa shape index (κ3) is 5.20. The number of hydrogen-bond acceptors (Lipinski definition) is 3. The molecule has 0 saturated heterocycles. The first-order valence-corrected chi connectivity index (χ1v) is 6.23. The molecule has 0 spiro atoms. The first-order valence-electron chi connectivity index (χ1n) is 6.23. The van der Waals surface area contributed by atoms with Crippen molar-refractivity contribution in [3.8, 4) is 5.75 Å². The van der Waals surface area contributed by atoms with Gasteiger partial charge in [-0.1, -0.05) is 25.1 Å². The van der Waals surface area contributed by atoms with Crippen molar-refractivity contribution in [2.24, 2.45) is 5.73 Å². The molecule has 1 rings (SSSR count). The minimum Gasteiger partial charge on any atom is -0.493 e. The van der Waals surface area contributed by atoms with Crippen LogP contribution in [0.3, 0.4) is 0 Å². The highest BCUT2D eigenvalue weighted by Crippen LogP contribution is 2.20. The van der Waals surface area contributed by atoms with Crippen LogP contribution in [0.5, 0.6) is 5.75 Å². The number of methoxy groups -OCH3 is 1. The minimum atomic E-state index is 0.207. The fraction of sp³-hybridized carbons (Fsp3) is 0.571. The Balaban J connectivity index is 2.51. The summed E-state index contributed by atoms with van der Waals surface area (Å²) in [4.78, 5) is 0. The van der Waals surface area contributed by atoms with Gasteiger partial charge in [-0.3, -0.25) is 0 Å². The van der Waals surface area contributed by atoms with E-state index in [-0.39, 0.29) is 6.04 Å². The molecular weight excluding hydrogens is 214 g/mol. The Hall–Kier alpha value is -1.06. The van der Waals surface area contributed by atoms with E-state index in [1.807, 2.05) is 18.2 Å². The monoisotopic (exact) mass is 237 g/mol. The fourth-order valence-corrected chi connectivity index (χ4v) is 1.63. The lowest BCUT2D eigenvalue weighted by Crippen LogP contribution is -2.21. The molecule has 3 heteroatoms. The highest BCUT2D eigenvalue weighted by Gasteiger charge is 2.06. The molecule has 0 amide bonds. The van der Waals surface area contributed by atoms with Gasteiger partial charge < -0.3 is 15.2 Å². The summed E-state index contributed by atoms with van der Waals surface area (Å²) in [5.74, 6) is 0.951. The van der Waals surface area contributed by atoms with Gasteiger partial charge in [0.05, 0.1) is 6.61 Å². The molecule has 0 heterocycles. The Bertz CT molecular complexity index is 315. The van der Waals surface area contributed by atoms with Gasteiger partial charge in [0.1, 0.15) is 5.75 Å². The molecule has 0 radical (unpaired) electrons. The van der Waals surface area contributed by atoms with Crippen LogP contribution < -0.4 is 10.5 Å². The SMILES string of the molecule is CCC(N)Cc1ccccc1OCCCOC. The van der Waals surface area contributed by atoms with Gasteiger partial charge in [0.15, 0.2) is 0 Å². The van der Waals surface area contributed by atoms with E-state index in [0.717, 1.165) is 31.6 Å². The molecule has 1 aromatic rings. The molecule has 0 aliphatic heterocycles. The topological polar surface area (TPSA) is 44.5 Å². The third-order valence-corrected chi connectivity index (χ3v) is 2.73. The molecule has 1 atom stereocenters. The minimum absolute atomic E-state index is 0.207. The third-order valence-electron chi connectivity index (χ3n) is 2.73. The lowest BCUT2D eigenvalue weighted by Gasteiger charge is -2.14. The average molecular weight is 237 g/mol. The molecule has 1 aromatic carbocycles. The van der Waals surface area contributed by atoms with Crippen molar-refractivity contribution >= 4 is 0 Å². The van der Waals surface area contributed by atoms with Crippen molar-refractivity contribution in [2.75, 3.05) is 20.3 Å². The van der Waals surface area contributed by atoms with E-state index in [0.29, 0.717) is 6.61 Å². The summed E-state index contributed by atoms with van der Waals surface area (Å²) in [6, 6.07) is 8.32. The average Bonchev–Trinajstić information content (AvgIpc) is 2.36. The van der Waals surface area contributed by atoms with E-state index in [1.165, 1.54) is 5.56 Å². The van der Waals surface area contributed by atoms with E-state index in [1.54, 1.807) is 7.11 Å². The van der Waals surface area contributed by atoms with Crippen LogP contribution in [-0.2, 0) is 11.2 Å². The maximum Gasteiger partial charge on any atom is 0.122 e. The summed E-state index contributed by atoms with van der Waals surface area (Å²) in [5.41, 5.74) is 7.17. The molecule has 2 N–H and O–H groups in total. The fourth-order valence-electron chi connectivity index (χ4n) is 1.63. The summed E-state index contributed by atoms with van der Waals surface area (Å²) in [6.45, 7) is 3.52. The zero-order valence-corrected chi connectivity index (χ0v) is 10.8. The number of benzene rings is 1. The summed E-state index contributed by atoms with van der Waals surface area (Å²) < 4.78 is 10.7. The van der Waals surface area contributed by atoms with Crippen LogP contribution in [0.2, 0.25) is 0 Å². The van der Waals surface area contributed by atoms with Gasteiger partial charge in [-0.15, -0.1) is 0 Å². The molecule has 17 heavy (non-hydrogen) atoms. The molecule has 3 nitrogen and oxygen atoms in total. The molecule has 96 valence electrons. The highest BCUT2D eigenvalue weighted by atomic mass is 16.5. The van der Waals surface area contributed by atoms with Gasteiger partial charge >= 0.3 is 0 Å². The first kappa shape index (κ1) is 14.0. The van der Waals surface area contributed by atoms with Crippen LogP contribution in [0.4, 0.5) is 0 Å². The van der Waals surface area contributed by atoms with E-state index in [2.05, 4.69) is 13.0 Å². The normalized spacial score (nSPS) is 12.4. The molecule has 0 saturated carbocycles. The van der Waals surface area contributed by atoms with Crippen LogP contribution in [0, 0.1) is 0 Å². The zero-order chi connectivity index (χ0) is 12.5. The maximum absolute atomic E-state index is 5.97. The Labute approximate surface area is 104 Å². The molecule has 0 aliphatic rings. The lowest BCUT2D eigenvalue weighted by atomic mass is 10.0.